The molecule has 0 aliphatic heterocycles. The zero-order valence-corrected chi connectivity index (χ0v) is 16.8. The minimum atomic E-state index is 0. The predicted octanol–water partition coefficient (Wildman–Crippen LogP) is 8.57. The maximum absolute atomic E-state index is 2.30. The van der Waals surface area contributed by atoms with Crippen LogP contribution in [0.2, 0.25) is 0 Å². The molecule has 0 aromatic rings. The average molecular weight is 333 g/mol. The summed E-state index contributed by atoms with van der Waals surface area (Å²) in [6, 6.07) is 0. The van der Waals surface area contributed by atoms with Crippen molar-refractivity contribution in [3.63, 3.8) is 0 Å². The molecule has 0 aliphatic carbocycles. The van der Waals surface area contributed by atoms with Crippen LogP contribution in [0.25, 0.3) is 0 Å². The van der Waals surface area contributed by atoms with Crippen molar-refractivity contribution >= 4 is 18.9 Å². The Balaban J connectivity index is 0. The Labute approximate surface area is 167 Å². The molecule has 0 aromatic heterocycles. The topological polar surface area (TPSA) is 0 Å². The van der Waals surface area contributed by atoms with Gasteiger partial charge in [0.1, 0.15) is 0 Å². The molecule has 1 heteroatoms. The fourth-order valence-corrected chi connectivity index (χ4v) is 3.51. The van der Waals surface area contributed by atoms with E-state index in [2.05, 4.69) is 13.8 Å². The molecule has 0 atom stereocenters. The van der Waals surface area contributed by atoms with Crippen molar-refractivity contribution in [1.29, 1.82) is 0 Å². The van der Waals surface area contributed by atoms with Gasteiger partial charge in [0.25, 0.3) is 0 Å². The van der Waals surface area contributed by atoms with Crippen LogP contribution in [0.4, 0.5) is 0 Å². The summed E-state index contributed by atoms with van der Waals surface area (Å²) in [5.41, 5.74) is 0. The summed E-state index contributed by atoms with van der Waals surface area (Å²) in [6.07, 6.45) is 30.9. The molecule has 0 saturated carbocycles. The van der Waals surface area contributed by atoms with Gasteiger partial charge in [-0.25, -0.2) is 0 Å². The summed E-state index contributed by atoms with van der Waals surface area (Å²) in [6.45, 7) is 4.60. The van der Waals surface area contributed by atoms with Gasteiger partial charge < -0.3 is 0 Å². The van der Waals surface area contributed by atoms with E-state index in [9.17, 15) is 0 Å². The molecule has 0 saturated heterocycles. The van der Waals surface area contributed by atoms with Crippen molar-refractivity contribution in [2.45, 2.75) is 149 Å². The van der Waals surface area contributed by atoms with Gasteiger partial charge in [0.15, 0.2) is 0 Å². The second kappa shape index (κ2) is 25.8. The van der Waals surface area contributed by atoms with Crippen LogP contribution in [0, 0.1) is 0 Å². The molecule has 0 rings (SSSR count). The summed E-state index contributed by atoms with van der Waals surface area (Å²) in [7, 11) is 0. The number of hydrogen-bond acceptors (Lipinski definition) is 0. The van der Waals surface area contributed by atoms with E-state index < -0.39 is 0 Å². The van der Waals surface area contributed by atoms with E-state index in [0.717, 1.165) is 0 Å². The second-order valence-electron chi connectivity index (χ2n) is 7.72. The Kier molecular flexibility index (Phi) is 28.9. The first-order valence-corrected chi connectivity index (χ1v) is 11.4. The normalized spacial score (nSPS) is 10.8. The first kappa shape index (κ1) is 26.8. The van der Waals surface area contributed by atoms with Crippen molar-refractivity contribution in [2.75, 3.05) is 0 Å². The fraction of sp³-hybridized carbons (Fsp3) is 1.00. The van der Waals surface area contributed by atoms with Crippen LogP contribution in [-0.2, 0) is 0 Å². The third-order valence-electron chi connectivity index (χ3n) is 5.21. The maximum atomic E-state index is 2.30. The molecular formula is C23H49Li. The third-order valence-corrected chi connectivity index (χ3v) is 5.21. The van der Waals surface area contributed by atoms with Crippen LogP contribution >= 0.6 is 0 Å². The van der Waals surface area contributed by atoms with E-state index in [-0.39, 0.29) is 18.9 Å². The van der Waals surface area contributed by atoms with Gasteiger partial charge in [0.2, 0.25) is 0 Å². The van der Waals surface area contributed by atoms with Crippen LogP contribution in [0.15, 0.2) is 0 Å². The van der Waals surface area contributed by atoms with Gasteiger partial charge in [-0.3, -0.25) is 0 Å². The van der Waals surface area contributed by atoms with Crippen molar-refractivity contribution < 1.29 is 0 Å². The van der Waals surface area contributed by atoms with E-state index in [4.69, 9.17) is 0 Å². The Hall–Kier alpha value is 0.597. The van der Waals surface area contributed by atoms with Gasteiger partial charge in [-0.15, -0.1) is 0 Å². The summed E-state index contributed by atoms with van der Waals surface area (Å²) >= 11 is 0. The summed E-state index contributed by atoms with van der Waals surface area (Å²) in [4.78, 5) is 0. The number of rotatable bonds is 20. The molecule has 0 spiro atoms. The zero-order valence-electron chi connectivity index (χ0n) is 16.8. The van der Waals surface area contributed by atoms with Gasteiger partial charge in [-0.2, -0.15) is 0 Å². The Morgan fingerprint density at radius 1 is 0.250 bits per heavy atom. The second-order valence-corrected chi connectivity index (χ2v) is 7.72. The van der Waals surface area contributed by atoms with Gasteiger partial charge >= 0.3 is 18.9 Å². The van der Waals surface area contributed by atoms with Crippen molar-refractivity contribution in [2.24, 2.45) is 0 Å². The van der Waals surface area contributed by atoms with E-state index >= 15 is 0 Å². The number of hydrogen-bond donors (Lipinski definition) is 0. The van der Waals surface area contributed by atoms with E-state index in [1.54, 1.807) is 0 Å². The fourth-order valence-electron chi connectivity index (χ4n) is 3.51. The average Bonchev–Trinajstić information content (AvgIpc) is 2.57. The number of unbranched alkanes of at least 4 members (excludes halogenated alkanes) is 20. The molecule has 0 nitrogen and oxygen atoms in total. The summed E-state index contributed by atoms with van der Waals surface area (Å²) in [5.74, 6) is 0. The Morgan fingerprint density at radius 2 is 0.375 bits per heavy atom. The minimum absolute atomic E-state index is 0. The first-order valence-electron chi connectivity index (χ1n) is 11.4. The molecule has 0 radical (unpaired) electrons. The van der Waals surface area contributed by atoms with E-state index in [1.165, 1.54) is 135 Å². The molecule has 142 valence electrons. The van der Waals surface area contributed by atoms with Gasteiger partial charge in [-0.1, -0.05) is 149 Å². The molecule has 0 aliphatic rings. The standard InChI is InChI=1S/C23H48.Li.H/c1-3-5-7-9-11-13-15-17-19-21-23-22-20-18-16-14-12-10-8-6-4-2;;/h3-23H2,1-2H3;;. The molecule has 0 fully saturated rings. The molecular weight excluding hydrogens is 283 g/mol. The zero-order chi connectivity index (χ0) is 16.8. The summed E-state index contributed by atoms with van der Waals surface area (Å²) in [5, 5.41) is 0. The van der Waals surface area contributed by atoms with Crippen LogP contribution in [-0.4, -0.2) is 18.9 Å². The van der Waals surface area contributed by atoms with E-state index in [0.29, 0.717) is 0 Å². The van der Waals surface area contributed by atoms with Crippen molar-refractivity contribution in [3.8, 4) is 0 Å². The van der Waals surface area contributed by atoms with Crippen LogP contribution in [0.1, 0.15) is 149 Å². The van der Waals surface area contributed by atoms with Crippen molar-refractivity contribution in [3.05, 3.63) is 0 Å². The van der Waals surface area contributed by atoms with E-state index in [1.807, 2.05) is 0 Å². The quantitative estimate of drug-likeness (QED) is 0.155. The van der Waals surface area contributed by atoms with Crippen LogP contribution in [0.5, 0.6) is 0 Å². The predicted molar refractivity (Wildman–Crippen MR) is 115 cm³/mol. The molecule has 24 heavy (non-hydrogen) atoms. The van der Waals surface area contributed by atoms with Crippen molar-refractivity contribution in [1.82, 2.24) is 0 Å². The SMILES string of the molecule is CCCCCCCCCCCCCCCCCCCCCCC.[LiH]. The van der Waals surface area contributed by atoms with Gasteiger partial charge in [-0.05, 0) is 0 Å². The Morgan fingerprint density at radius 3 is 0.500 bits per heavy atom. The molecule has 0 heterocycles. The Bertz CT molecular complexity index is 170. The monoisotopic (exact) mass is 332 g/mol. The molecule has 0 N–H and O–H groups in total. The van der Waals surface area contributed by atoms with Crippen LogP contribution in [0.3, 0.4) is 0 Å². The molecule has 0 unspecified atom stereocenters. The molecule has 0 aromatic carbocycles. The third kappa shape index (κ3) is 24.8. The summed E-state index contributed by atoms with van der Waals surface area (Å²) < 4.78 is 0. The van der Waals surface area contributed by atoms with Crippen LogP contribution < -0.4 is 0 Å². The molecule has 0 bridgehead atoms. The van der Waals surface area contributed by atoms with Gasteiger partial charge in [0, 0.05) is 0 Å². The molecule has 0 amide bonds. The van der Waals surface area contributed by atoms with Gasteiger partial charge in [0.05, 0.1) is 0 Å². The first-order chi connectivity index (χ1) is 11.4.